The summed E-state index contributed by atoms with van der Waals surface area (Å²) in [5.74, 6) is 0. The second-order valence-electron chi connectivity index (χ2n) is 4.89. The lowest BCUT2D eigenvalue weighted by Crippen LogP contribution is -2.29. The van der Waals surface area contributed by atoms with Crippen LogP contribution >= 0.6 is 0 Å². The lowest BCUT2D eigenvalue weighted by molar-refractivity contribution is 0.0682. The highest BCUT2D eigenvalue weighted by Gasteiger charge is 2.20. The maximum Gasteiger partial charge on any atom is 0.0669 e. The van der Waals surface area contributed by atoms with Gasteiger partial charge in [-0.05, 0) is 43.4 Å². The number of nitrogens with one attached hydrogen (secondary N) is 1. The van der Waals surface area contributed by atoms with Gasteiger partial charge in [0.1, 0.15) is 0 Å². The molecule has 0 unspecified atom stereocenters. The first kappa shape index (κ1) is 12.9. The molecule has 2 rings (SSSR count). The van der Waals surface area contributed by atoms with Crippen LogP contribution in [0.5, 0.6) is 0 Å². The highest BCUT2D eigenvalue weighted by atomic mass is 16.5. The van der Waals surface area contributed by atoms with E-state index in [1.165, 1.54) is 12.8 Å². The van der Waals surface area contributed by atoms with E-state index in [1.54, 1.807) is 7.11 Å². The molecule has 1 aromatic carbocycles. The molecule has 0 radical (unpaired) electrons. The molecule has 1 aromatic rings. The minimum Gasteiger partial charge on any atom is -0.382 e. The topological polar surface area (TPSA) is 45.0 Å². The number of rotatable bonds is 4. The number of anilines is 1. The van der Waals surface area contributed by atoms with Gasteiger partial charge < -0.3 is 10.1 Å². The SMILES string of the molecule is COC1CCC(Nc2ccc(CC#N)cc2)CC1. The second-order valence-corrected chi connectivity index (χ2v) is 4.89. The number of hydrogen-bond donors (Lipinski definition) is 1. The van der Waals surface area contributed by atoms with Crippen molar-refractivity contribution in [1.29, 1.82) is 5.26 Å². The van der Waals surface area contributed by atoms with Crippen molar-refractivity contribution in [3.63, 3.8) is 0 Å². The molecule has 96 valence electrons. The van der Waals surface area contributed by atoms with E-state index < -0.39 is 0 Å². The Morgan fingerprint density at radius 3 is 2.44 bits per heavy atom. The standard InChI is InChI=1S/C15H20N2O/c1-18-15-8-6-14(7-9-15)17-13-4-2-12(3-5-13)10-11-16/h2-5,14-15,17H,6-10H2,1H3. The van der Waals surface area contributed by atoms with Gasteiger partial charge >= 0.3 is 0 Å². The Morgan fingerprint density at radius 1 is 1.22 bits per heavy atom. The van der Waals surface area contributed by atoms with Gasteiger partial charge in [-0.1, -0.05) is 12.1 Å². The highest BCUT2D eigenvalue weighted by molar-refractivity contribution is 5.45. The van der Waals surface area contributed by atoms with Crippen molar-refractivity contribution >= 4 is 5.69 Å². The van der Waals surface area contributed by atoms with E-state index >= 15 is 0 Å². The summed E-state index contributed by atoms with van der Waals surface area (Å²) in [6.07, 6.45) is 5.54. The summed E-state index contributed by atoms with van der Waals surface area (Å²) >= 11 is 0. The molecule has 0 aromatic heterocycles. The van der Waals surface area contributed by atoms with Crippen molar-refractivity contribution in [3.05, 3.63) is 29.8 Å². The molecule has 0 atom stereocenters. The van der Waals surface area contributed by atoms with Crippen molar-refractivity contribution in [2.45, 2.75) is 44.2 Å². The van der Waals surface area contributed by atoms with Gasteiger partial charge in [-0.15, -0.1) is 0 Å². The highest BCUT2D eigenvalue weighted by Crippen LogP contribution is 2.23. The number of nitriles is 1. The van der Waals surface area contributed by atoms with Crippen LogP contribution in [-0.2, 0) is 11.2 Å². The quantitative estimate of drug-likeness (QED) is 0.885. The maximum atomic E-state index is 8.62. The second kappa shape index (κ2) is 6.42. The average molecular weight is 244 g/mol. The fourth-order valence-electron chi connectivity index (χ4n) is 2.49. The van der Waals surface area contributed by atoms with Crippen molar-refractivity contribution < 1.29 is 4.74 Å². The molecule has 0 heterocycles. The molecule has 3 heteroatoms. The third-order valence-electron chi connectivity index (χ3n) is 3.62. The molecular formula is C15H20N2O. The average Bonchev–Trinajstić information content (AvgIpc) is 2.42. The Morgan fingerprint density at radius 2 is 1.89 bits per heavy atom. The van der Waals surface area contributed by atoms with Crippen molar-refractivity contribution in [1.82, 2.24) is 0 Å². The first-order valence-electron chi connectivity index (χ1n) is 6.57. The fraction of sp³-hybridized carbons (Fsp3) is 0.533. The van der Waals surface area contributed by atoms with Crippen LogP contribution in [0.2, 0.25) is 0 Å². The number of ether oxygens (including phenoxy) is 1. The van der Waals surface area contributed by atoms with Crippen molar-refractivity contribution in [2.75, 3.05) is 12.4 Å². The third kappa shape index (κ3) is 3.48. The van der Waals surface area contributed by atoms with Gasteiger partial charge in [0.05, 0.1) is 18.6 Å². The van der Waals surface area contributed by atoms with E-state index in [0.29, 0.717) is 18.6 Å². The van der Waals surface area contributed by atoms with Gasteiger partial charge in [0, 0.05) is 18.8 Å². The largest absolute Gasteiger partial charge is 0.382 e. The monoisotopic (exact) mass is 244 g/mol. The van der Waals surface area contributed by atoms with Gasteiger partial charge in [0.15, 0.2) is 0 Å². The number of nitrogens with zero attached hydrogens (tertiary/aromatic N) is 1. The zero-order valence-corrected chi connectivity index (χ0v) is 10.9. The van der Waals surface area contributed by atoms with E-state index in [1.807, 2.05) is 12.1 Å². The minimum atomic E-state index is 0.445. The van der Waals surface area contributed by atoms with Crippen LogP contribution in [0.3, 0.4) is 0 Å². The van der Waals surface area contributed by atoms with Gasteiger partial charge in [0.2, 0.25) is 0 Å². The number of hydrogen-bond acceptors (Lipinski definition) is 3. The zero-order valence-electron chi connectivity index (χ0n) is 10.9. The van der Waals surface area contributed by atoms with Crippen LogP contribution < -0.4 is 5.32 Å². The summed E-state index contributed by atoms with van der Waals surface area (Å²) in [6, 6.07) is 10.9. The van der Waals surface area contributed by atoms with Gasteiger partial charge in [0.25, 0.3) is 0 Å². The summed E-state index contributed by atoms with van der Waals surface area (Å²) in [5.41, 5.74) is 2.23. The molecule has 3 nitrogen and oxygen atoms in total. The normalized spacial score (nSPS) is 23.3. The summed E-state index contributed by atoms with van der Waals surface area (Å²) in [6.45, 7) is 0. The Balaban J connectivity index is 1.85. The van der Waals surface area contributed by atoms with Crippen molar-refractivity contribution in [3.8, 4) is 6.07 Å². The Labute approximate surface area is 109 Å². The molecule has 0 spiro atoms. The predicted octanol–water partition coefficient (Wildman–Crippen LogP) is 3.12. The summed E-state index contributed by atoms with van der Waals surface area (Å²) in [4.78, 5) is 0. The molecule has 0 aliphatic heterocycles. The zero-order chi connectivity index (χ0) is 12.8. The molecule has 1 aliphatic rings. The van der Waals surface area contributed by atoms with Gasteiger partial charge in [-0.3, -0.25) is 0 Å². The van der Waals surface area contributed by atoms with E-state index in [-0.39, 0.29) is 0 Å². The lowest BCUT2D eigenvalue weighted by atomic mass is 9.93. The predicted molar refractivity (Wildman–Crippen MR) is 72.4 cm³/mol. The molecular weight excluding hydrogens is 224 g/mol. The number of methoxy groups -OCH3 is 1. The third-order valence-corrected chi connectivity index (χ3v) is 3.62. The Kier molecular flexibility index (Phi) is 4.60. The molecule has 0 bridgehead atoms. The maximum absolute atomic E-state index is 8.62. The van der Waals surface area contributed by atoms with E-state index in [4.69, 9.17) is 10.00 Å². The Hall–Kier alpha value is -1.53. The summed E-state index contributed by atoms with van der Waals surface area (Å²) in [7, 11) is 1.80. The lowest BCUT2D eigenvalue weighted by Gasteiger charge is -2.28. The molecule has 0 amide bonds. The van der Waals surface area contributed by atoms with E-state index in [2.05, 4.69) is 23.5 Å². The smallest absolute Gasteiger partial charge is 0.0669 e. The molecule has 1 N–H and O–H groups in total. The van der Waals surface area contributed by atoms with Crippen LogP contribution in [0, 0.1) is 11.3 Å². The molecule has 1 aliphatic carbocycles. The van der Waals surface area contributed by atoms with E-state index in [0.717, 1.165) is 24.1 Å². The van der Waals surface area contributed by atoms with Crippen LogP contribution in [0.4, 0.5) is 5.69 Å². The molecule has 1 saturated carbocycles. The summed E-state index contributed by atoms with van der Waals surface area (Å²) < 4.78 is 5.37. The Bertz CT molecular complexity index is 399. The molecule has 18 heavy (non-hydrogen) atoms. The first-order chi connectivity index (χ1) is 8.81. The first-order valence-corrected chi connectivity index (χ1v) is 6.57. The summed E-state index contributed by atoms with van der Waals surface area (Å²) in [5, 5.41) is 12.2. The van der Waals surface area contributed by atoms with Gasteiger partial charge in [-0.25, -0.2) is 0 Å². The number of benzene rings is 1. The van der Waals surface area contributed by atoms with Crippen LogP contribution in [0.25, 0.3) is 0 Å². The minimum absolute atomic E-state index is 0.445. The van der Waals surface area contributed by atoms with Crippen LogP contribution in [0.1, 0.15) is 31.2 Å². The van der Waals surface area contributed by atoms with Crippen molar-refractivity contribution in [2.24, 2.45) is 0 Å². The van der Waals surface area contributed by atoms with E-state index in [9.17, 15) is 0 Å². The van der Waals surface area contributed by atoms with Crippen LogP contribution in [-0.4, -0.2) is 19.3 Å². The molecule has 1 fully saturated rings. The molecule has 0 saturated heterocycles. The van der Waals surface area contributed by atoms with Crippen LogP contribution in [0.15, 0.2) is 24.3 Å². The fourth-order valence-corrected chi connectivity index (χ4v) is 2.49. The van der Waals surface area contributed by atoms with Gasteiger partial charge in [-0.2, -0.15) is 5.26 Å².